The fourth-order valence-corrected chi connectivity index (χ4v) is 5.03. The van der Waals surface area contributed by atoms with E-state index in [0.29, 0.717) is 44.5 Å². The molecule has 6 nitrogen and oxygen atoms in total. The quantitative estimate of drug-likeness (QED) is 0.657. The number of rotatable bonds is 8. The number of amides is 2. The lowest BCUT2D eigenvalue weighted by Crippen LogP contribution is -2.43. The SMILES string of the molecule is Cc1ccc(S(=O)(=O)CCC(=O)N2CCC(C(=O)NCCc3ccccc3F)CC2)cc1. The summed E-state index contributed by atoms with van der Waals surface area (Å²) in [6, 6.07) is 13.1. The van der Waals surface area contributed by atoms with Gasteiger partial charge < -0.3 is 10.2 Å². The summed E-state index contributed by atoms with van der Waals surface area (Å²) >= 11 is 0. The van der Waals surface area contributed by atoms with Crippen LogP contribution in [0.15, 0.2) is 53.4 Å². The number of hydrogen-bond acceptors (Lipinski definition) is 4. The van der Waals surface area contributed by atoms with Gasteiger partial charge in [0.25, 0.3) is 0 Å². The van der Waals surface area contributed by atoms with Crippen LogP contribution in [0.2, 0.25) is 0 Å². The van der Waals surface area contributed by atoms with Crippen molar-refractivity contribution in [1.29, 1.82) is 0 Å². The Labute approximate surface area is 188 Å². The third kappa shape index (κ3) is 6.38. The Balaban J connectivity index is 1.40. The summed E-state index contributed by atoms with van der Waals surface area (Å²) in [5, 5.41) is 2.85. The minimum absolute atomic E-state index is 0.0737. The number of halogens is 1. The van der Waals surface area contributed by atoms with E-state index in [0.717, 1.165) is 5.56 Å². The van der Waals surface area contributed by atoms with Gasteiger partial charge >= 0.3 is 0 Å². The average Bonchev–Trinajstić information content (AvgIpc) is 2.79. The Morgan fingerprint density at radius 1 is 1.06 bits per heavy atom. The Kier molecular flexibility index (Phi) is 8.01. The minimum Gasteiger partial charge on any atom is -0.356 e. The largest absolute Gasteiger partial charge is 0.356 e. The highest BCUT2D eigenvalue weighted by atomic mass is 32.2. The molecule has 1 aliphatic heterocycles. The Morgan fingerprint density at radius 3 is 2.38 bits per heavy atom. The summed E-state index contributed by atoms with van der Waals surface area (Å²) in [5.74, 6) is -1.01. The van der Waals surface area contributed by atoms with Gasteiger partial charge in [0, 0.05) is 32.0 Å². The first kappa shape index (κ1) is 23.9. The van der Waals surface area contributed by atoms with Gasteiger partial charge in [0.15, 0.2) is 9.84 Å². The Bertz CT molecular complexity index is 1050. The number of benzene rings is 2. The number of likely N-dealkylation sites (tertiary alicyclic amines) is 1. The van der Waals surface area contributed by atoms with Gasteiger partial charge in [0.1, 0.15) is 5.82 Å². The van der Waals surface area contributed by atoms with Crippen molar-refractivity contribution in [1.82, 2.24) is 10.2 Å². The molecule has 32 heavy (non-hydrogen) atoms. The maximum absolute atomic E-state index is 13.6. The second-order valence-electron chi connectivity index (χ2n) is 8.17. The van der Waals surface area contributed by atoms with Crippen LogP contribution in [0, 0.1) is 18.7 Å². The monoisotopic (exact) mass is 460 g/mol. The highest BCUT2D eigenvalue weighted by Gasteiger charge is 2.28. The molecule has 8 heteroatoms. The molecule has 1 aliphatic rings. The lowest BCUT2D eigenvalue weighted by molar-refractivity contribution is -0.135. The van der Waals surface area contributed by atoms with Crippen LogP contribution in [-0.2, 0) is 25.8 Å². The number of carbonyl (C=O) groups excluding carboxylic acids is 2. The fourth-order valence-electron chi connectivity index (χ4n) is 3.80. The molecule has 2 aromatic rings. The molecule has 0 aliphatic carbocycles. The standard InChI is InChI=1S/C24H29FN2O4S/c1-18-6-8-21(9-7-18)32(30,31)17-13-23(28)27-15-11-20(12-16-27)24(29)26-14-10-19-4-2-3-5-22(19)25/h2-9,20H,10-17H2,1H3,(H,26,29). The topological polar surface area (TPSA) is 83.6 Å². The molecule has 3 rings (SSSR count). The van der Waals surface area contributed by atoms with Gasteiger partial charge in [-0.1, -0.05) is 35.9 Å². The highest BCUT2D eigenvalue weighted by Crippen LogP contribution is 2.19. The molecule has 2 aromatic carbocycles. The van der Waals surface area contributed by atoms with Crippen LogP contribution in [0.3, 0.4) is 0 Å². The van der Waals surface area contributed by atoms with Gasteiger partial charge in [-0.05, 0) is 49.9 Å². The molecular formula is C24H29FN2O4S. The third-order valence-electron chi connectivity index (χ3n) is 5.83. The third-order valence-corrected chi connectivity index (χ3v) is 7.57. The fraction of sp³-hybridized carbons (Fsp3) is 0.417. The molecule has 1 N–H and O–H groups in total. The van der Waals surface area contributed by atoms with Gasteiger partial charge in [-0.15, -0.1) is 0 Å². The minimum atomic E-state index is -3.51. The van der Waals surface area contributed by atoms with E-state index in [2.05, 4.69) is 5.32 Å². The van der Waals surface area contributed by atoms with Gasteiger partial charge in [-0.25, -0.2) is 12.8 Å². The zero-order valence-electron chi connectivity index (χ0n) is 18.2. The molecule has 0 unspecified atom stereocenters. The zero-order chi connectivity index (χ0) is 23.1. The van der Waals surface area contributed by atoms with Crippen molar-refractivity contribution < 1.29 is 22.4 Å². The lowest BCUT2D eigenvalue weighted by atomic mass is 9.95. The van der Waals surface area contributed by atoms with Crippen LogP contribution < -0.4 is 5.32 Å². The maximum Gasteiger partial charge on any atom is 0.223 e. The zero-order valence-corrected chi connectivity index (χ0v) is 19.0. The van der Waals surface area contributed by atoms with E-state index in [1.165, 1.54) is 6.07 Å². The molecule has 1 saturated heterocycles. The van der Waals surface area contributed by atoms with E-state index in [9.17, 15) is 22.4 Å². The van der Waals surface area contributed by atoms with E-state index in [-0.39, 0.29) is 40.6 Å². The molecule has 0 spiro atoms. The number of sulfone groups is 1. The highest BCUT2D eigenvalue weighted by molar-refractivity contribution is 7.91. The number of nitrogens with zero attached hydrogens (tertiary/aromatic N) is 1. The molecular weight excluding hydrogens is 431 g/mol. The summed E-state index contributed by atoms with van der Waals surface area (Å²) in [6.07, 6.45) is 1.41. The summed E-state index contributed by atoms with van der Waals surface area (Å²) < 4.78 is 38.5. The van der Waals surface area contributed by atoms with E-state index in [1.807, 2.05) is 6.92 Å². The Morgan fingerprint density at radius 2 is 1.72 bits per heavy atom. The number of nitrogens with one attached hydrogen (secondary N) is 1. The first-order valence-electron chi connectivity index (χ1n) is 10.8. The van der Waals surface area contributed by atoms with E-state index < -0.39 is 9.84 Å². The van der Waals surface area contributed by atoms with E-state index >= 15 is 0 Å². The summed E-state index contributed by atoms with van der Waals surface area (Å²) in [5.41, 5.74) is 1.54. The van der Waals surface area contributed by atoms with Gasteiger partial charge in [0.05, 0.1) is 10.6 Å². The average molecular weight is 461 g/mol. The number of hydrogen-bond donors (Lipinski definition) is 1. The van der Waals surface area contributed by atoms with E-state index in [1.54, 1.807) is 47.4 Å². The molecule has 0 atom stereocenters. The molecule has 0 aromatic heterocycles. The van der Waals surface area contributed by atoms with Gasteiger partial charge in [-0.3, -0.25) is 9.59 Å². The first-order chi connectivity index (χ1) is 15.3. The van der Waals surface area contributed by atoms with Gasteiger partial charge in [0.2, 0.25) is 11.8 Å². The van der Waals surface area contributed by atoms with Crippen LogP contribution in [0.1, 0.15) is 30.4 Å². The molecule has 1 fully saturated rings. The van der Waals surface area contributed by atoms with Crippen molar-refractivity contribution in [2.45, 2.75) is 37.5 Å². The first-order valence-corrected chi connectivity index (χ1v) is 12.5. The predicted octanol–water partition coefficient (Wildman–Crippen LogP) is 2.90. The van der Waals surface area contributed by atoms with Crippen molar-refractivity contribution in [3.8, 4) is 0 Å². The summed E-state index contributed by atoms with van der Waals surface area (Å²) in [4.78, 5) is 26.7. The predicted molar refractivity (Wildman–Crippen MR) is 120 cm³/mol. The van der Waals surface area contributed by atoms with Crippen LogP contribution in [0.5, 0.6) is 0 Å². The van der Waals surface area contributed by atoms with Crippen molar-refractivity contribution in [3.63, 3.8) is 0 Å². The number of aryl methyl sites for hydroxylation is 1. The molecule has 0 saturated carbocycles. The van der Waals surface area contributed by atoms with E-state index in [4.69, 9.17) is 0 Å². The summed E-state index contributed by atoms with van der Waals surface area (Å²) in [7, 11) is -3.51. The van der Waals surface area contributed by atoms with Crippen LogP contribution in [0.4, 0.5) is 4.39 Å². The molecule has 0 radical (unpaired) electrons. The van der Waals surface area contributed by atoms with Crippen molar-refractivity contribution >= 4 is 21.7 Å². The molecule has 2 amide bonds. The smallest absolute Gasteiger partial charge is 0.223 e. The lowest BCUT2D eigenvalue weighted by Gasteiger charge is -2.31. The van der Waals surface area contributed by atoms with Crippen molar-refractivity contribution in [2.75, 3.05) is 25.4 Å². The number of carbonyl (C=O) groups is 2. The van der Waals surface area contributed by atoms with Crippen LogP contribution >= 0.6 is 0 Å². The normalized spacial score (nSPS) is 14.9. The summed E-state index contributed by atoms with van der Waals surface area (Å²) in [6.45, 7) is 3.09. The van der Waals surface area contributed by atoms with Crippen LogP contribution in [0.25, 0.3) is 0 Å². The number of piperidine rings is 1. The van der Waals surface area contributed by atoms with Crippen molar-refractivity contribution in [3.05, 3.63) is 65.5 Å². The van der Waals surface area contributed by atoms with Crippen LogP contribution in [-0.4, -0.2) is 50.5 Å². The van der Waals surface area contributed by atoms with Gasteiger partial charge in [-0.2, -0.15) is 0 Å². The molecule has 172 valence electrons. The molecule has 0 bridgehead atoms. The second-order valence-corrected chi connectivity index (χ2v) is 10.3. The molecule has 1 heterocycles. The Hall–Kier alpha value is -2.74. The van der Waals surface area contributed by atoms with Crippen molar-refractivity contribution in [2.24, 2.45) is 5.92 Å². The second kappa shape index (κ2) is 10.7. The maximum atomic E-state index is 13.6.